The summed E-state index contributed by atoms with van der Waals surface area (Å²) in [6, 6.07) is 6.73. The van der Waals surface area contributed by atoms with Crippen LogP contribution in [0, 0.1) is 5.92 Å². The zero-order chi connectivity index (χ0) is 42.2. The number of ether oxygens (including phenoxy) is 6. The van der Waals surface area contributed by atoms with E-state index in [9.17, 15) is 45.5 Å². The predicted molar refractivity (Wildman–Crippen MR) is 190 cm³/mol. The van der Waals surface area contributed by atoms with Gasteiger partial charge in [0.1, 0.15) is 11.5 Å². The van der Waals surface area contributed by atoms with Crippen LogP contribution in [0.2, 0.25) is 0 Å². The Labute approximate surface area is 325 Å². The van der Waals surface area contributed by atoms with Crippen LogP contribution in [-0.4, -0.2) is 98.7 Å². The van der Waals surface area contributed by atoms with Gasteiger partial charge in [-0.2, -0.15) is 26.3 Å². The Morgan fingerprint density at radius 1 is 0.667 bits per heavy atom. The summed E-state index contributed by atoms with van der Waals surface area (Å²) in [4.78, 5) is 53.0. The largest absolute Gasteiger partial charge is 0.473 e. The van der Waals surface area contributed by atoms with Crippen molar-refractivity contribution >= 4 is 24.1 Å². The molecule has 4 atom stereocenters. The highest BCUT2D eigenvalue weighted by Crippen LogP contribution is 2.44. The molecule has 57 heavy (non-hydrogen) atoms. The number of benzene rings is 2. The third-order valence-corrected chi connectivity index (χ3v) is 10.2. The molecule has 1 saturated carbocycles. The lowest BCUT2D eigenvalue weighted by atomic mass is 9.81. The Balaban J connectivity index is 0.000000253. The van der Waals surface area contributed by atoms with Crippen LogP contribution in [0.25, 0.3) is 0 Å². The fourth-order valence-electron chi connectivity index (χ4n) is 7.29. The van der Waals surface area contributed by atoms with Gasteiger partial charge in [0.25, 0.3) is 0 Å². The molecular weight excluding hydrogens is 770 g/mol. The average molecular weight is 817 g/mol. The van der Waals surface area contributed by atoms with Crippen molar-refractivity contribution in [3.8, 4) is 11.5 Å². The standard InChI is InChI=1S/C20H24F3NO5.C19H22F3NO5/c1-27-17(25)19(29-15-8-6-14(7-9-15)20(21,22)23)10-3-11-24(18(26)28-2)16(19)12-13-4-5-13;1-4-6-15-18(16(24)26-2,11-5-12-23(15)17(25)27-3)28-14-9-7-13(8-10-14)19(20,21)22/h6-9,13,16H,3-5,10-12H2,1-2H3;4,7-10,15H,1,5-6,11-12H2,2-3H3/t16-,19+;15-,18+/m11/s1. The Bertz CT molecular complexity index is 1720. The topological polar surface area (TPSA) is 130 Å². The van der Waals surface area contributed by atoms with Crippen molar-refractivity contribution in [2.45, 2.75) is 87.0 Å². The summed E-state index contributed by atoms with van der Waals surface area (Å²) in [6.45, 7) is 4.39. The van der Waals surface area contributed by atoms with Crippen molar-refractivity contribution in [2.24, 2.45) is 5.92 Å². The van der Waals surface area contributed by atoms with Crippen LogP contribution in [0.15, 0.2) is 61.2 Å². The van der Waals surface area contributed by atoms with Crippen molar-refractivity contribution in [1.29, 1.82) is 0 Å². The molecule has 2 aromatic rings. The van der Waals surface area contributed by atoms with Crippen molar-refractivity contribution in [1.82, 2.24) is 9.80 Å². The van der Waals surface area contributed by atoms with Crippen molar-refractivity contribution < 1.29 is 73.9 Å². The van der Waals surface area contributed by atoms with Gasteiger partial charge in [0.05, 0.1) is 51.6 Å². The summed E-state index contributed by atoms with van der Waals surface area (Å²) in [7, 11) is 4.90. The van der Waals surface area contributed by atoms with E-state index < -0.39 is 70.9 Å². The van der Waals surface area contributed by atoms with Gasteiger partial charge in [-0.25, -0.2) is 19.2 Å². The molecule has 2 aromatic carbocycles. The van der Waals surface area contributed by atoms with E-state index in [4.69, 9.17) is 28.4 Å². The van der Waals surface area contributed by atoms with Gasteiger partial charge in [0.15, 0.2) is 0 Å². The number of esters is 2. The lowest BCUT2D eigenvalue weighted by Gasteiger charge is -2.47. The molecule has 0 radical (unpaired) electrons. The van der Waals surface area contributed by atoms with Crippen molar-refractivity contribution in [2.75, 3.05) is 41.5 Å². The lowest BCUT2D eigenvalue weighted by Crippen LogP contribution is -2.65. The number of carbonyl (C=O) groups excluding carboxylic acids is 4. The Kier molecular flexibility index (Phi) is 14.4. The Hall–Kier alpha value is -5.16. The molecule has 0 spiro atoms. The molecule has 1 aliphatic carbocycles. The molecule has 3 fully saturated rings. The second-order valence-electron chi connectivity index (χ2n) is 13.8. The molecular formula is C39H46F6N2O10. The van der Waals surface area contributed by atoms with Gasteiger partial charge in [0, 0.05) is 25.9 Å². The summed E-state index contributed by atoms with van der Waals surface area (Å²) in [5.41, 5.74) is -4.76. The predicted octanol–water partition coefficient (Wildman–Crippen LogP) is 7.83. The van der Waals surface area contributed by atoms with Crippen LogP contribution in [0.3, 0.4) is 0 Å². The van der Waals surface area contributed by atoms with Gasteiger partial charge in [-0.15, -0.1) is 6.58 Å². The zero-order valence-electron chi connectivity index (χ0n) is 32.0. The quantitative estimate of drug-likeness (QED) is 0.101. The molecule has 2 heterocycles. The number of alkyl halides is 6. The maximum atomic E-state index is 12.9. The zero-order valence-corrected chi connectivity index (χ0v) is 32.0. The lowest BCUT2D eigenvalue weighted by molar-refractivity contribution is -0.171. The first-order valence-electron chi connectivity index (χ1n) is 18.1. The molecule has 5 rings (SSSR count). The van der Waals surface area contributed by atoms with E-state index in [2.05, 4.69) is 6.58 Å². The molecule has 18 heteroatoms. The molecule has 12 nitrogen and oxygen atoms in total. The van der Waals surface area contributed by atoms with E-state index in [1.165, 1.54) is 56.4 Å². The average Bonchev–Trinajstić information content (AvgIpc) is 4.02. The highest BCUT2D eigenvalue weighted by Gasteiger charge is 2.57. The fourth-order valence-corrected chi connectivity index (χ4v) is 7.29. The van der Waals surface area contributed by atoms with E-state index in [1.807, 2.05) is 0 Å². The monoisotopic (exact) mass is 816 g/mol. The number of methoxy groups -OCH3 is 4. The summed E-state index contributed by atoms with van der Waals surface area (Å²) in [5, 5.41) is 0. The summed E-state index contributed by atoms with van der Waals surface area (Å²) < 4.78 is 109. The summed E-state index contributed by atoms with van der Waals surface area (Å²) in [6.07, 6.45) is -4.56. The van der Waals surface area contributed by atoms with Gasteiger partial charge in [-0.3, -0.25) is 0 Å². The maximum Gasteiger partial charge on any atom is 0.416 e. The first kappa shape index (κ1) is 44.6. The number of hydrogen-bond donors (Lipinski definition) is 0. The molecule has 0 N–H and O–H groups in total. The minimum Gasteiger partial charge on any atom is -0.473 e. The number of carbonyl (C=O) groups is 4. The minimum absolute atomic E-state index is 0.0548. The number of halogens is 6. The van der Waals surface area contributed by atoms with E-state index in [0.717, 1.165) is 49.2 Å². The Morgan fingerprint density at radius 2 is 1.05 bits per heavy atom. The molecule has 0 unspecified atom stereocenters. The normalized spacial score (nSPS) is 23.5. The van der Waals surface area contributed by atoms with E-state index in [0.29, 0.717) is 38.3 Å². The van der Waals surface area contributed by atoms with Crippen molar-refractivity contribution in [3.05, 3.63) is 72.3 Å². The molecule has 0 bridgehead atoms. The summed E-state index contributed by atoms with van der Waals surface area (Å²) >= 11 is 0. The third kappa shape index (κ3) is 10.2. The number of amides is 2. The molecule has 3 aliphatic rings. The fraction of sp³-hybridized carbons (Fsp3) is 0.538. The number of likely N-dealkylation sites (tertiary alicyclic amines) is 2. The maximum absolute atomic E-state index is 12.9. The smallest absolute Gasteiger partial charge is 0.416 e. The van der Waals surface area contributed by atoms with Crippen LogP contribution in [0.4, 0.5) is 35.9 Å². The first-order valence-corrected chi connectivity index (χ1v) is 18.1. The van der Waals surface area contributed by atoms with Crippen LogP contribution >= 0.6 is 0 Å². The Morgan fingerprint density at radius 3 is 1.39 bits per heavy atom. The number of piperidine rings is 2. The van der Waals surface area contributed by atoms with Crippen LogP contribution in [-0.2, 0) is 40.9 Å². The molecule has 314 valence electrons. The van der Waals surface area contributed by atoms with Crippen molar-refractivity contribution in [3.63, 3.8) is 0 Å². The van der Waals surface area contributed by atoms with Crippen LogP contribution in [0.5, 0.6) is 11.5 Å². The second kappa shape index (κ2) is 18.4. The molecule has 2 aliphatic heterocycles. The minimum atomic E-state index is -4.49. The molecule has 2 saturated heterocycles. The van der Waals surface area contributed by atoms with Gasteiger partial charge >= 0.3 is 36.5 Å². The van der Waals surface area contributed by atoms with Gasteiger partial charge in [-0.05, 0) is 80.1 Å². The highest BCUT2D eigenvalue weighted by molar-refractivity contribution is 5.83. The van der Waals surface area contributed by atoms with E-state index in [1.54, 1.807) is 0 Å². The highest BCUT2D eigenvalue weighted by atomic mass is 19.4. The van der Waals surface area contributed by atoms with Crippen LogP contribution < -0.4 is 9.47 Å². The first-order chi connectivity index (χ1) is 26.9. The van der Waals surface area contributed by atoms with E-state index >= 15 is 0 Å². The second-order valence-corrected chi connectivity index (χ2v) is 13.8. The summed E-state index contributed by atoms with van der Waals surface area (Å²) in [5.74, 6) is -0.870. The van der Waals surface area contributed by atoms with Crippen LogP contribution in [0.1, 0.15) is 62.5 Å². The number of rotatable bonds is 10. The molecule has 0 aromatic heterocycles. The number of nitrogens with zero attached hydrogens (tertiary/aromatic N) is 2. The van der Waals surface area contributed by atoms with Gasteiger partial charge < -0.3 is 38.2 Å². The third-order valence-electron chi connectivity index (χ3n) is 10.2. The van der Waals surface area contributed by atoms with Gasteiger partial charge in [0.2, 0.25) is 11.2 Å². The molecule has 2 amide bonds. The number of hydrogen-bond acceptors (Lipinski definition) is 10. The van der Waals surface area contributed by atoms with Gasteiger partial charge in [-0.1, -0.05) is 18.9 Å². The SMILES string of the molecule is C=CC[C@H]1N(C(=O)OC)CCC[C@@]1(Oc1ccc(C(F)(F)F)cc1)C(=O)OC.COC(=O)N1CCC[C@@](Oc2ccc(C(F)(F)F)cc2)(C(=O)OC)[C@H]1CC1CC1. The van der Waals surface area contributed by atoms with E-state index in [-0.39, 0.29) is 30.8 Å².